The van der Waals surface area contributed by atoms with E-state index in [1.54, 1.807) is 6.07 Å². The van der Waals surface area contributed by atoms with E-state index in [0.29, 0.717) is 18.0 Å². The minimum Gasteiger partial charge on any atom is -0.475 e. The number of hydrogen-bond donors (Lipinski definition) is 0. The number of nitrogens with zero attached hydrogens (tertiary/aromatic N) is 6. The van der Waals surface area contributed by atoms with Crippen LogP contribution in [0.2, 0.25) is 0 Å². The van der Waals surface area contributed by atoms with Gasteiger partial charge in [0.1, 0.15) is 24.6 Å². The maximum absolute atomic E-state index is 13.4. The molecule has 0 N–H and O–H groups in total. The highest BCUT2D eigenvalue weighted by Gasteiger charge is 2.20. The predicted molar refractivity (Wildman–Crippen MR) is 100 cm³/mol. The molecule has 1 aliphatic heterocycles. The molecule has 3 heterocycles. The number of piperazine rings is 1. The molecule has 0 amide bonds. The van der Waals surface area contributed by atoms with Crippen LogP contribution in [0.15, 0.2) is 36.7 Å². The minimum absolute atomic E-state index is 0.282. The van der Waals surface area contributed by atoms with Crippen LogP contribution in [0.1, 0.15) is 5.69 Å². The van der Waals surface area contributed by atoms with Crippen molar-refractivity contribution in [2.24, 2.45) is 0 Å². The average molecular weight is 368 g/mol. The van der Waals surface area contributed by atoms with Crippen LogP contribution >= 0.6 is 0 Å². The molecular weight excluding hydrogens is 347 g/mol. The van der Waals surface area contributed by atoms with Gasteiger partial charge in [0, 0.05) is 50.2 Å². The molecule has 1 saturated heterocycles. The Labute approximate surface area is 156 Å². The second-order valence-electron chi connectivity index (χ2n) is 6.55. The van der Waals surface area contributed by atoms with Crippen molar-refractivity contribution in [3.05, 3.63) is 48.2 Å². The summed E-state index contributed by atoms with van der Waals surface area (Å²) in [5, 5.41) is 8.88. The second kappa shape index (κ2) is 7.79. The first-order valence-electron chi connectivity index (χ1n) is 9.00. The number of halogens is 1. The Morgan fingerprint density at radius 3 is 2.67 bits per heavy atom. The molecule has 0 spiro atoms. The Bertz CT molecular complexity index is 912. The Kier molecular flexibility index (Phi) is 5.06. The number of anilines is 1. The number of hydrogen-bond acceptors (Lipinski definition) is 7. The van der Waals surface area contributed by atoms with Crippen LogP contribution in [-0.4, -0.2) is 64.4 Å². The zero-order chi connectivity index (χ0) is 18.6. The highest BCUT2D eigenvalue weighted by Crippen LogP contribution is 2.24. The molecule has 0 radical (unpaired) electrons. The van der Waals surface area contributed by atoms with Crippen molar-refractivity contribution in [2.45, 2.75) is 6.92 Å². The van der Waals surface area contributed by atoms with Crippen LogP contribution in [-0.2, 0) is 0 Å². The van der Waals surface area contributed by atoms with Gasteiger partial charge in [-0.2, -0.15) is 5.10 Å². The van der Waals surface area contributed by atoms with Gasteiger partial charge in [-0.25, -0.2) is 14.4 Å². The molecule has 140 valence electrons. The number of aryl methyl sites for hydroxylation is 1. The van der Waals surface area contributed by atoms with Gasteiger partial charge >= 0.3 is 0 Å². The number of aromatic nitrogens is 4. The van der Waals surface area contributed by atoms with Crippen molar-refractivity contribution in [3.8, 4) is 5.88 Å². The highest BCUT2D eigenvalue weighted by molar-refractivity contribution is 5.89. The van der Waals surface area contributed by atoms with E-state index < -0.39 is 0 Å². The molecule has 8 heteroatoms. The van der Waals surface area contributed by atoms with Gasteiger partial charge in [-0.3, -0.25) is 4.90 Å². The summed E-state index contributed by atoms with van der Waals surface area (Å²) in [6, 6.07) is 8.38. The molecule has 27 heavy (non-hydrogen) atoms. The fourth-order valence-corrected chi connectivity index (χ4v) is 3.19. The van der Waals surface area contributed by atoms with Gasteiger partial charge in [-0.1, -0.05) is 0 Å². The third-order valence-electron chi connectivity index (χ3n) is 4.68. The van der Waals surface area contributed by atoms with E-state index in [9.17, 15) is 4.39 Å². The smallest absolute Gasteiger partial charge is 0.233 e. The summed E-state index contributed by atoms with van der Waals surface area (Å²) in [4.78, 5) is 13.2. The number of rotatable bonds is 5. The first kappa shape index (κ1) is 17.5. The van der Waals surface area contributed by atoms with Gasteiger partial charge in [-0.05, 0) is 25.1 Å². The molecule has 0 atom stereocenters. The number of benzene rings is 1. The summed E-state index contributed by atoms with van der Waals surface area (Å²) < 4.78 is 19.1. The first-order chi connectivity index (χ1) is 13.2. The fraction of sp³-hybridized carbons (Fsp3) is 0.368. The van der Waals surface area contributed by atoms with Crippen molar-refractivity contribution in [1.29, 1.82) is 0 Å². The van der Waals surface area contributed by atoms with Crippen molar-refractivity contribution in [1.82, 2.24) is 25.1 Å². The SMILES string of the molecule is Cc1ccc(OCCN2CCN(c3ncnc4cc(F)ccc34)CC2)nn1. The lowest BCUT2D eigenvalue weighted by molar-refractivity contribution is 0.196. The van der Waals surface area contributed by atoms with Gasteiger partial charge in [-0.15, -0.1) is 5.10 Å². The minimum atomic E-state index is -0.282. The van der Waals surface area contributed by atoms with Crippen LogP contribution in [0, 0.1) is 12.7 Å². The third-order valence-corrected chi connectivity index (χ3v) is 4.68. The lowest BCUT2D eigenvalue weighted by Gasteiger charge is -2.35. The Morgan fingerprint density at radius 1 is 1.04 bits per heavy atom. The van der Waals surface area contributed by atoms with Crippen molar-refractivity contribution in [2.75, 3.05) is 44.2 Å². The molecule has 4 rings (SSSR count). The zero-order valence-electron chi connectivity index (χ0n) is 15.2. The fourth-order valence-electron chi connectivity index (χ4n) is 3.19. The highest BCUT2D eigenvalue weighted by atomic mass is 19.1. The van der Waals surface area contributed by atoms with Crippen LogP contribution < -0.4 is 9.64 Å². The number of fused-ring (bicyclic) bond motifs is 1. The van der Waals surface area contributed by atoms with E-state index >= 15 is 0 Å². The molecule has 0 unspecified atom stereocenters. The second-order valence-corrected chi connectivity index (χ2v) is 6.55. The summed E-state index contributed by atoms with van der Waals surface area (Å²) in [5.74, 6) is 1.14. The molecule has 1 aromatic carbocycles. The normalized spacial score (nSPS) is 15.3. The Morgan fingerprint density at radius 2 is 1.89 bits per heavy atom. The summed E-state index contributed by atoms with van der Waals surface area (Å²) in [6.45, 7) is 6.84. The molecule has 0 aliphatic carbocycles. The maximum Gasteiger partial charge on any atom is 0.233 e. The van der Waals surface area contributed by atoms with Gasteiger partial charge in [0.25, 0.3) is 0 Å². The molecule has 2 aromatic heterocycles. The van der Waals surface area contributed by atoms with E-state index in [2.05, 4.69) is 30.0 Å². The number of ether oxygens (including phenoxy) is 1. The maximum atomic E-state index is 13.4. The molecule has 3 aromatic rings. The van der Waals surface area contributed by atoms with Crippen molar-refractivity contribution < 1.29 is 9.13 Å². The largest absolute Gasteiger partial charge is 0.475 e. The van der Waals surface area contributed by atoms with Crippen LogP contribution in [0.3, 0.4) is 0 Å². The summed E-state index contributed by atoms with van der Waals surface area (Å²) in [5.41, 5.74) is 1.51. The lowest BCUT2D eigenvalue weighted by Crippen LogP contribution is -2.47. The Balaban J connectivity index is 1.32. The monoisotopic (exact) mass is 368 g/mol. The van der Waals surface area contributed by atoms with Gasteiger partial charge in [0.05, 0.1) is 11.2 Å². The summed E-state index contributed by atoms with van der Waals surface area (Å²) >= 11 is 0. The molecule has 0 saturated carbocycles. The standard InChI is InChI=1S/C19H21FN6O/c1-14-2-5-18(24-23-14)27-11-10-25-6-8-26(9-7-25)19-16-4-3-15(20)12-17(16)21-13-22-19/h2-5,12-13H,6-11H2,1H3. The molecule has 1 aliphatic rings. The average Bonchev–Trinajstić information content (AvgIpc) is 2.69. The van der Waals surface area contributed by atoms with Gasteiger partial charge < -0.3 is 9.64 Å². The topological polar surface area (TPSA) is 67.3 Å². The van der Waals surface area contributed by atoms with E-state index in [1.165, 1.54) is 18.5 Å². The van der Waals surface area contributed by atoms with E-state index in [1.807, 2.05) is 19.1 Å². The van der Waals surface area contributed by atoms with Crippen LogP contribution in [0.25, 0.3) is 10.9 Å². The molecule has 7 nitrogen and oxygen atoms in total. The summed E-state index contributed by atoms with van der Waals surface area (Å²) in [6.07, 6.45) is 1.50. The molecule has 0 bridgehead atoms. The quantitative estimate of drug-likeness (QED) is 0.683. The van der Waals surface area contributed by atoms with Gasteiger partial charge in [0.2, 0.25) is 5.88 Å². The Hall–Kier alpha value is -2.87. The predicted octanol–water partition coefficient (Wildman–Crippen LogP) is 2.07. The van der Waals surface area contributed by atoms with Crippen LogP contribution in [0.4, 0.5) is 10.2 Å². The van der Waals surface area contributed by atoms with Crippen molar-refractivity contribution >= 4 is 16.7 Å². The first-order valence-corrected chi connectivity index (χ1v) is 9.00. The molecular formula is C19H21FN6O. The van der Waals surface area contributed by atoms with E-state index in [-0.39, 0.29) is 5.82 Å². The summed E-state index contributed by atoms with van der Waals surface area (Å²) in [7, 11) is 0. The van der Waals surface area contributed by atoms with Gasteiger partial charge in [0.15, 0.2) is 0 Å². The zero-order valence-corrected chi connectivity index (χ0v) is 15.2. The van der Waals surface area contributed by atoms with Crippen molar-refractivity contribution in [3.63, 3.8) is 0 Å². The van der Waals surface area contributed by atoms with Crippen LogP contribution in [0.5, 0.6) is 5.88 Å². The van der Waals surface area contributed by atoms with E-state index in [0.717, 1.165) is 49.6 Å². The lowest BCUT2D eigenvalue weighted by atomic mass is 10.2. The third kappa shape index (κ3) is 4.11. The molecule has 1 fully saturated rings. The van der Waals surface area contributed by atoms with E-state index in [4.69, 9.17) is 4.74 Å².